The Bertz CT molecular complexity index is 1200. The molecule has 1 atom stereocenters. The molecule has 186 valence electrons. The Morgan fingerprint density at radius 1 is 1.17 bits per heavy atom. The second-order valence-electron chi connectivity index (χ2n) is 8.95. The predicted octanol–water partition coefficient (Wildman–Crippen LogP) is 3.46. The number of nitrogens with two attached hydrogens (primary N) is 2. The Hall–Kier alpha value is -3.66. The van der Waals surface area contributed by atoms with Crippen LogP contribution in [0.1, 0.15) is 70.5 Å². The standard InChI is InChI=1S/C25H31N5O4S/c1-5-25(3,4)28-23(32)20(17-12-11-15(2)34-17)30(14-13-16-9-7-6-8-10-16)24(33)21-18(26)19(22(27)31)29-35-21/h6-12,20H,5,13-14,26H2,1-4H3,(H2,27,31)(H,28,32)/t20-/m1/s1. The molecule has 2 heterocycles. The lowest BCUT2D eigenvalue weighted by molar-refractivity contribution is -0.128. The van der Waals surface area contributed by atoms with E-state index in [1.165, 1.54) is 4.90 Å². The minimum atomic E-state index is -1.07. The van der Waals surface area contributed by atoms with Crippen LogP contribution >= 0.6 is 11.5 Å². The smallest absolute Gasteiger partial charge is 0.270 e. The average Bonchev–Trinajstić information content (AvgIpc) is 3.41. The van der Waals surface area contributed by atoms with E-state index in [4.69, 9.17) is 15.9 Å². The number of primary amides is 1. The summed E-state index contributed by atoms with van der Waals surface area (Å²) in [5, 5.41) is 3.03. The molecular formula is C25H31N5O4S. The molecule has 3 aromatic rings. The Labute approximate surface area is 208 Å². The number of rotatable bonds is 10. The number of carbonyl (C=O) groups is 3. The van der Waals surface area contributed by atoms with E-state index in [1.54, 1.807) is 19.1 Å². The SMILES string of the molecule is CCC(C)(C)NC(=O)[C@@H](c1ccc(C)o1)N(CCc1ccccc1)C(=O)c1snc(C(N)=O)c1N. The first-order chi connectivity index (χ1) is 16.5. The number of aryl methyl sites for hydroxylation is 1. The first-order valence-electron chi connectivity index (χ1n) is 11.3. The van der Waals surface area contributed by atoms with Gasteiger partial charge in [0.25, 0.3) is 17.7 Å². The Kier molecular flexibility index (Phi) is 7.96. The second-order valence-corrected chi connectivity index (χ2v) is 9.72. The highest BCUT2D eigenvalue weighted by atomic mass is 32.1. The lowest BCUT2D eigenvalue weighted by atomic mass is 10.0. The van der Waals surface area contributed by atoms with Gasteiger partial charge in [0.1, 0.15) is 16.4 Å². The van der Waals surface area contributed by atoms with Crippen molar-refractivity contribution in [3.05, 3.63) is 70.1 Å². The summed E-state index contributed by atoms with van der Waals surface area (Å²) in [7, 11) is 0. The molecule has 35 heavy (non-hydrogen) atoms. The van der Waals surface area contributed by atoms with Gasteiger partial charge in [0, 0.05) is 12.1 Å². The molecule has 0 spiro atoms. The first kappa shape index (κ1) is 26.0. The number of anilines is 1. The lowest BCUT2D eigenvalue weighted by Gasteiger charge is -2.33. The maximum absolute atomic E-state index is 13.8. The van der Waals surface area contributed by atoms with Gasteiger partial charge < -0.3 is 26.1 Å². The van der Waals surface area contributed by atoms with E-state index < -0.39 is 23.4 Å². The monoisotopic (exact) mass is 497 g/mol. The Balaban J connectivity index is 2.07. The molecule has 1 aromatic carbocycles. The van der Waals surface area contributed by atoms with Gasteiger partial charge in [-0.25, -0.2) is 0 Å². The third-order valence-electron chi connectivity index (χ3n) is 5.84. The summed E-state index contributed by atoms with van der Waals surface area (Å²) < 4.78 is 9.80. The van der Waals surface area contributed by atoms with Crippen LogP contribution in [0.4, 0.5) is 5.69 Å². The van der Waals surface area contributed by atoms with Crippen molar-refractivity contribution in [1.29, 1.82) is 0 Å². The van der Waals surface area contributed by atoms with Crippen LogP contribution in [0.25, 0.3) is 0 Å². The van der Waals surface area contributed by atoms with E-state index in [2.05, 4.69) is 9.69 Å². The van der Waals surface area contributed by atoms with Gasteiger partial charge in [-0.15, -0.1) is 0 Å². The number of hydrogen-bond donors (Lipinski definition) is 3. The third-order valence-corrected chi connectivity index (χ3v) is 6.69. The fraction of sp³-hybridized carbons (Fsp3) is 0.360. The van der Waals surface area contributed by atoms with E-state index >= 15 is 0 Å². The molecule has 10 heteroatoms. The minimum absolute atomic E-state index is 0.0442. The maximum Gasteiger partial charge on any atom is 0.270 e. The highest BCUT2D eigenvalue weighted by Gasteiger charge is 2.38. The van der Waals surface area contributed by atoms with Crippen molar-refractivity contribution in [2.45, 2.75) is 52.1 Å². The van der Waals surface area contributed by atoms with E-state index in [1.807, 2.05) is 51.1 Å². The first-order valence-corrected chi connectivity index (χ1v) is 12.1. The van der Waals surface area contributed by atoms with Crippen molar-refractivity contribution >= 4 is 34.9 Å². The van der Waals surface area contributed by atoms with Gasteiger partial charge >= 0.3 is 0 Å². The van der Waals surface area contributed by atoms with E-state index in [0.717, 1.165) is 17.1 Å². The van der Waals surface area contributed by atoms with Crippen LogP contribution in [0, 0.1) is 6.92 Å². The van der Waals surface area contributed by atoms with Crippen LogP contribution in [0.3, 0.4) is 0 Å². The van der Waals surface area contributed by atoms with Gasteiger partial charge in [0.2, 0.25) is 0 Å². The predicted molar refractivity (Wildman–Crippen MR) is 135 cm³/mol. The zero-order valence-corrected chi connectivity index (χ0v) is 21.1. The van der Waals surface area contributed by atoms with Crippen molar-refractivity contribution in [2.75, 3.05) is 12.3 Å². The molecule has 3 rings (SSSR count). The largest absolute Gasteiger partial charge is 0.464 e. The average molecular weight is 498 g/mol. The van der Waals surface area contributed by atoms with Crippen LogP contribution in [0.2, 0.25) is 0 Å². The van der Waals surface area contributed by atoms with Gasteiger partial charge in [-0.05, 0) is 62.8 Å². The molecule has 3 amide bonds. The molecule has 0 saturated carbocycles. The fourth-order valence-corrected chi connectivity index (χ4v) is 4.28. The summed E-state index contributed by atoms with van der Waals surface area (Å²) in [6.07, 6.45) is 1.17. The van der Waals surface area contributed by atoms with E-state index in [9.17, 15) is 14.4 Å². The lowest BCUT2D eigenvalue weighted by Crippen LogP contribution is -2.50. The fourth-order valence-electron chi connectivity index (χ4n) is 3.52. The van der Waals surface area contributed by atoms with Gasteiger partial charge in [0.15, 0.2) is 11.7 Å². The van der Waals surface area contributed by atoms with Crippen LogP contribution in [-0.2, 0) is 11.2 Å². The van der Waals surface area contributed by atoms with Gasteiger partial charge in [-0.1, -0.05) is 37.3 Å². The van der Waals surface area contributed by atoms with Crippen molar-refractivity contribution in [1.82, 2.24) is 14.6 Å². The zero-order valence-electron chi connectivity index (χ0n) is 20.3. The number of nitrogens with zero attached hydrogens (tertiary/aromatic N) is 2. The summed E-state index contributed by atoms with van der Waals surface area (Å²) in [5.74, 6) is -0.810. The quantitative estimate of drug-likeness (QED) is 0.391. The number of amides is 3. The molecule has 0 saturated heterocycles. The van der Waals surface area contributed by atoms with Gasteiger partial charge in [-0.3, -0.25) is 14.4 Å². The molecule has 9 nitrogen and oxygen atoms in total. The molecule has 5 N–H and O–H groups in total. The molecule has 0 aliphatic carbocycles. The van der Waals surface area contributed by atoms with Crippen molar-refractivity contribution in [3.8, 4) is 0 Å². The minimum Gasteiger partial charge on any atom is -0.464 e. The molecule has 0 aliphatic heterocycles. The summed E-state index contributed by atoms with van der Waals surface area (Å²) >= 11 is 0.780. The molecular weight excluding hydrogens is 466 g/mol. The summed E-state index contributed by atoms with van der Waals surface area (Å²) in [5.41, 5.74) is 11.6. The number of furan rings is 1. The van der Waals surface area contributed by atoms with Crippen molar-refractivity contribution < 1.29 is 18.8 Å². The number of aromatic nitrogens is 1. The molecule has 0 bridgehead atoms. The zero-order chi connectivity index (χ0) is 25.8. The highest BCUT2D eigenvalue weighted by Crippen LogP contribution is 2.30. The van der Waals surface area contributed by atoms with E-state index in [-0.39, 0.29) is 28.7 Å². The summed E-state index contributed by atoms with van der Waals surface area (Å²) in [4.78, 5) is 40.6. The molecule has 2 aromatic heterocycles. The number of carbonyl (C=O) groups excluding carboxylic acids is 3. The van der Waals surface area contributed by atoms with E-state index in [0.29, 0.717) is 24.4 Å². The number of hydrogen-bond acceptors (Lipinski definition) is 7. The van der Waals surface area contributed by atoms with Gasteiger partial charge in [-0.2, -0.15) is 4.37 Å². The number of nitrogens with one attached hydrogen (secondary N) is 1. The Morgan fingerprint density at radius 2 is 1.86 bits per heavy atom. The second kappa shape index (κ2) is 10.7. The maximum atomic E-state index is 13.8. The number of benzene rings is 1. The van der Waals surface area contributed by atoms with Crippen molar-refractivity contribution in [3.63, 3.8) is 0 Å². The molecule has 0 unspecified atom stereocenters. The molecule has 0 radical (unpaired) electrons. The van der Waals surface area contributed by atoms with Crippen LogP contribution in [0.15, 0.2) is 46.9 Å². The highest BCUT2D eigenvalue weighted by molar-refractivity contribution is 7.09. The summed E-state index contributed by atoms with van der Waals surface area (Å²) in [6, 6.07) is 12.0. The summed E-state index contributed by atoms with van der Waals surface area (Å²) in [6.45, 7) is 7.74. The van der Waals surface area contributed by atoms with Gasteiger partial charge in [0.05, 0.1) is 5.69 Å². The normalized spacial score (nSPS) is 12.2. The number of nitrogen functional groups attached to an aromatic ring is 1. The Morgan fingerprint density at radius 3 is 2.40 bits per heavy atom. The van der Waals surface area contributed by atoms with Crippen LogP contribution in [0.5, 0.6) is 0 Å². The molecule has 0 aliphatic rings. The van der Waals surface area contributed by atoms with Crippen molar-refractivity contribution in [2.24, 2.45) is 5.73 Å². The van der Waals surface area contributed by atoms with Crippen LogP contribution in [-0.4, -0.2) is 39.1 Å². The third kappa shape index (κ3) is 6.07. The van der Waals surface area contributed by atoms with Crippen LogP contribution < -0.4 is 16.8 Å². The molecule has 0 fully saturated rings. The topological polar surface area (TPSA) is 145 Å².